The summed E-state index contributed by atoms with van der Waals surface area (Å²) in [5.74, 6) is 0.808. The topological polar surface area (TPSA) is 81.4 Å². The van der Waals surface area contributed by atoms with Crippen LogP contribution < -0.4 is 5.69 Å². The molecule has 132 valence electrons. The van der Waals surface area contributed by atoms with Gasteiger partial charge in [0.1, 0.15) is 0 Å². The van der Waals surface area contributed by atoms with Gasteiger partial charge in [0.2, 0.25) is 5.16 Å². The molecule has 0 aliphatic carbocycles. The van der Waals surface area contributed by atoms with Crippen LogP contribution in [0.4, 0.5) is 0 Å². The van der Waals surface area contributed by atoms with Gasteiger partial charge in [-0.15, -0.1) is 5.10 Å². The van der Waals surface area contributed by atoms with Crippen LogP contribution in [0.5, 0.6) is 0 Å². The van der Waals surface area contributed by atoms with Crippen LogP contribution >= 0.6 is 27.7 Å². The van der Waals surface area contributed by atoms with Crippen molar-refractivity contribution in [1.29, 1.82) is 0 Å². The number of thioether (sulfide) groups is 1. The normalized spacial score (nSPS) is 11.3. The fraction of sp³-hybridized carbons (Fsp3) is 0.176. The summed E-state index contributed by atoms with van der Waals surface area (Å²) in [6, 6.07) is 15.5. The number of benzene rings is 2. The predicted octanol–water partition coefficient (Wildman–Crippen LogP) is 3.25. The van der Waals surface area contributed by atoms with Gasteiger partial charge >= 0.3 is 5.69 Å². The van der Waals surface area contributed by atoms with Gasteiger partial charge in [0.15, 0.2) is 0 Å². The van der Waals surface area contributed by atoms with Gasteiger partial charge in [0.25, 0.3) is 0 Å². The summed E-state index contributed by atoms with van der Waals surface area (Å²) in [4.78, 5) is 15.0. The second-order valence-corrected chi connectivity index (χ2v) is 7.63. The molecule has 4 aromatic rings. The monoisotopic (exact) mass is 430 g/mol. The summed E-state index contributed by atoms with van der Waals surface area (Å²) in [6.45, 7) is 0.649. The number of H-pyrrole nitrogens is 1. The largest absolute Gasteiger partial charge is 0.326 e. The molecule has 26 heavy (non-hydrogen) atoms. The number of hydrogen-bond acceptors (Lipinski definition) is 5. The first kappa shape index (κ1) is 17.0. The highest BCUT2D eigenvalue weighted by atomic mass is 79.9. The van der Waals surface area contributed by atoms with Crippen LogP contribution in [0, 0.1) is 0 Å². The quantitative estimate of drug-likeness (QED) is 0.375. The van der Waals surface area contributed by atoms with Gasteiger partial charge in [-0.05, 0) is 53.2 Å². The third-order valence-electron chi connectivity index (χ3n) is 3.95. The van der Waals surface area contributed by atoms with Gasteiger partial charge in [0, 0.05) is 16.8 Å². The maximum Gasteiger partial charge on any atom is 0.326 e. The number of nitrogens with one attached hydrogen (secondary N) is 1. The summed E-state index contributed by atoms with van der Waals surface area (Å²) >= 11 is 5.00. The van der Waals surface area contributed by atoms with E-state index >= 15 is 0 Å². The molecule has 0 amide bonds. The first-order valence-electron chi connectivity index (χ1n) is 8.07. The Labute approximate surface area is 161 Å². The van der Waals surface area contributed by atoms with E-state index in [9.17, 15) is 4.79 Å². The Balaban J connectivity index is 1.41. The molecule has 0 saturated carbocycles. The van der Waals surface area contributed by atoms with Gasteiger partial charge in [-0.2, -0.15) is 4.68 Å². The minimum absolute atomic E-state index is 0.0732. The Hall–Kier alpha value is -2.39. The summed E-state index contributed by atoms with van der Waals surface area (Å²) in [7, 11) is 0. The first-order valence-corrected chi connectivity index (χ1v) is 9.85. The highest BCUT2D eigenvalue weighted by Crippen LogP contribution is 2.20. The minimum Gasteiger partial charge on any atom is -0.306 e. The van der Waals surface area contributed by atoms with Crippen molar-refractivity contribution in [2.24, 2.45) is 0 Å². The van der Waals surface area contributed by atoms with E-state index in [1.807, 2.05) is 48.5 Å². The van der Waals surface area contributed by atoms with Crippen molar-refractivity contribution >= 4 is 38.7 Å². The van der Waals surface area contributed by atoms with Gasteiger partial charge in [-0.1, -0.05) is 39.8 Å². The van der Waals surface area contributed by atoms with Gasteiger partial charge in [-0.3, -0.25) is 4.57 Å². The third-order valence-corrected chi connectivity index (χ3v) is 5.49. The van der Waals surface area contributed by atoms with E-state index < -0.39 is 0 Å². The average Bonchev–Trinajstić information content (AvgIpc) is 3.23. The second-order valence-electron chi connectivity index (χ2n) is 5.65. The van der Waals surface area contributed by atoms with Crippen molar-refractivity contribution in [2.75, 3.05) is 5.75 Å². The van der Waals surface area contributed by atoms with Crippen molar-refractivity contribution in [2.45, 2.75) is 18.1 Å². The van der Waals surface area contributed by atoms with Crippen molar-refractivity contribution in [3.8, 4) is 5.69 Å². The van der Waals surface area contributed by atoms with Crippen LogP contribution in [0.2, 0.25) is 0 Å². The maximum atomic E-state index is 12.1. The van der Waals surface area contributed by atoms with E-state index in [0.29, 0.717) is 6.54 Å². The molecule has 0 unspecified atom stereocenters. The second kappa shape index (κ2) is 7.46. The number of para-hydroxylation sites is 2. The van der Waals surface area contributed by atoms with E-state index in [-0.39, 0.29) is 5.69 Å². The molecule has 9 heteroatoms. The van der Waals surface area contributed by atoms with Crippen LogP contribution in [0.3, 0.4) is 0 Å². The minimum atomic E-state index is -0.0732. The number of rotatable bonds is 6. The van der Waals surface area contributed by atoms with Gasteiger partial charge < -0.3 is 4.98 Å². The Kier molecular flexibility index (Phi) is 4.89. The van der Waals surface area contributed by atoms with Crippen LogP contribution in [0.15, 0.2) is 63.0 Å². The maximum absolute atomic E-state index is 12.1. The molecule has 4 rings (SSSR count). The van der Waals surface area contributed by atoms with E-state index in [1.165, 1.54) is 0 Å². The zero-order chi connectivity index (χ0) is 17.9. The number of fused-ring (bicyclic) bond motifs is 1. The first-order chi connectivity index (χ1) is 12.7. The number of aryl methyl sites for hydroxylation is 1. The molecule has 2 heterocycles. The van der Waals surface area contributed by atoms with Crippen LogP contribution in [0.1, 0.15) is 6.42 Å². The van der Waals surface area contributed by atoms with Crippen molar-refractivity contribution < 1.29 is 0 Å². The van der Waals surface area contributed by atoms with Gasteiger partial charge in [0.05, 0.1) is 16.7 Å². The van der Waals surface area contributed by atoms with Crippen LogP contribution in [-0.4, -0.2) is 35.5 Å². The highest BCUT2D eigenvalue weighted by Gasteiger charge is 2.10. The number of halogens is 1. The summed E-state index contributed by atoms with van der Waals surface area (Å²) in [5, 5.41) is 12.7. The zero-order valence-electron chi connectivity index (χ0n) is 13.7. The molecule has 0 radical (unpaired) electrons. The van der Waals surface area contributed by atoms with E-state index in [0.717, 1.165) is 38.5 Å². The SMILES string of the molecule is O=c1[nH]c2ccccc2n1CCCSc1nnnn1-c1ccc(Br)cc1. The third kappa shape index (κ3) is 3.45. The summed E-state index contributed by atoms with van der Waals surface area (Å²) in [6.07, 6.45) is 0.833. The smallest absolute Gasteiger partial charge is 0.306 e. The highest BCUT2D eigenvalue weighted by molar-refractivity contribution is 9.10. The van der Waals surface area contributed by atoms with Crippen LogP contribution in [-0.2, 0) is 6.54 Å². The van der Waals surface area contributed by atoms with E-state index in [1.54, 1.807) is 21.0 Å². The molecule has 0 fully saturated rings. The van der Waals surface area contributed by atoms with E-state index in [2.05, 4.69) is 36.4 Å². The Bertz CT molecular complexity index is 1080. The van der Waals surface area contributed by atoms with Crippen LogP contribution in [0.25, 0.3) is 16.7 Å². The lowest BCUT2D eigenvalue weighted by atomic mass is 10.3. The number of aromatic amines is 1. The molecular weight excluding hydrogens is 416 g/mol. The lowest BCUT2D eigenvalue weighted by Gasteiger charge is -2.05. The van der Waals surface area contributed by atoms with Crippen molar-refractivity contribution in [3.63, 3.8) is 0 Å². The fourth-order valence-corrected chi connectivity index (χ4v) is 3.81. The van der Waals surface area contributed by atoms with Crippen molar-refractivity contribution in [1.82, 2.24) is 29.8 Å². The Morgan fingerprint density at radius 2 is 1.92 bits per heavy atom. The molecule has 7 nitrogen and oxygen atoms in total. The lowest BCUT2D eigenvalue weighted by Crippen LogP contribution is -2.17. The zero-order valence-corrected chi connectivity index (χ0v) is 16.1. The number of tetrazole rings is 1. The standard InChI is InChI=1S/C17H15BrN6OS/c18-12-6-8-13(9-7-12)24-17(20-21-22-24)26-11-3-10-23-15-5-2-1-4-14(15)19-16(23)25/h1-2,4-9H,3,10-11H2,(H,19,25). The molecule has 2 aromatic heterocycles. The molecule has 0 aliphatic rings. The number of imidazole rings is 1. The molecule has 0 saturated heterocycles. The molecular formula is C17H15BrN6OS. The molecule has 2 aromatic carbocycles. The van der Waals surface area contributed by atoms with Crippen molar-refractivity contribution in [3.05, 3.63) is 63.5 Å². The van der Waals surface area contributed by atoms with Gasteiger partial charge in [-0.25, -0.2) is 4.79 Å². The lowest BCUT2D eigenvalue weighted by molar-refractivity contribution is 0.678. The number of hydrogen-bond donors (Lipinski definition) is 1. The molecule has 0 spiro atoms. The molecule has 0 bridgehead atoms. The molecule has 0 aliphatic heterocycles. The number of aromatic nitrogens is 6. The number of nitrogens with zero attached hydrogens (tertiary/aromatic N) is 5. The molecule has 1 N–H and O–H groups in total. The molecule has 0 atom stereocenters. The van der Waals surface area contributed by atoms with E-state index in [4.69, 9.17) is 0 Å². The summed E-state index contributed by atoms with van der Waals surface area (Å²) < 4.78 is 4.50. The Morgan fingerprint density at radius 3 is 2.77 bits per heavy atom. The Morgan fingerprint density at radius 1 is 1.12 bits per heavy atom. The summed E-state index contributed by atoms with van der Waals surface area (Å²) in [5.41, 5.74) is 2.64. The fourth-order valence-electron chi connectivity index (χ4n) is 2.73. The predicted molar refractivity (Wildman–Crippen MR) is 105 cm³/mol. The average molecular weight is 431 g/mol.